The van der Waals surface area contributed by atoms with Crippen LogP contribution in [0.15, 0.2) is 26.8 Å². The first kappa shape index (κ1) is 21.4. The van der Waals surface area contributed by atoms with E-state index in [2.05, 4.69) is 5.32 Å². The second-order valence-corrected chi connectivity index (χ2v) is 10.6. The highest BCUT2D eigenvalue weighted by Crippen LogP contribution is 2.43. The van der Waals surface area contributed by atoms with Gasteiger partial charge in [-0.25, -0.2) is 13.2 Å². The molecule has 8 nitrogen and oxygen atoms in total. The van der Waals surface area contributed by atoms with Crippen LogP contribution in [0.1, 0.15) is 37.0 Å². The molecule has 1 unspecified atom stereocenters. The van der Waals surface area contributed by atoms with Gasteiger partial charge in [-0.3, -0.25) is 4.79 Å². The molecule has 31 heavy (non-hydrogen) atoms. The molecule has 2 aromatic rings. The van der Waals surface area contributed by atoms with Gasteiger partial charge in [0.25, 0.3) is 0 Å². The number of carbonyl (C=O) groups is 1. The minimum atomic E-state index is -3.29. The molecule has 0 aliphatic carbocycles. The summed E-state index contributed by atoms with van der Waals surface area (Å²) in [4.78, 5) is 25.3. The van der Waals surface area contributed by atoms with Crippen molar-refractivity contribution < 1.29 is 27.1 Å². The number of amides is 1. The van der Waals surface area contributed by atoms with Crippen molar-refractivity contribution in [2.75, 3.05) is 12.9 Å². The van der Waals surface area contributed by atoms with Crippen molar-refractivity contribution in [3.8, 4) is 11.5 Å². The maximum absolute atomic E-state index is 12.8. The Morgan fingerprint density at radius 1 is 1.35 bits per heavy atom. The highest BCUT2D eigenvalue weighted by Gasteiger charge is 2.31. The van der Waals surface area contributed by atoms with Crippen LogP contribution < -0.4 is 20.4 Å². The predicted molar refractivity (Wildman–Crippen MR) is 115 cm³/mol. The molecule has 9 heteroatoms. The number of methoxy groups -OCH3 is 1. The van der Waals surface area contributed by atoms with E-state index in [1.807, 2.05) is 13.8 Å². The fraction of sp³-hybridized carbons (Fsp3) is 0.455. The van der Waals surface area contributed by atoms with E-state index in [0.717, 1.165) is 17.4 Å². The Hall–Kier alpha value is -2.81. The Balaban J connectivity index is 1.72. The molecule has 0 bridgehead atoms. The normalized spacial score (nSPS) is 20.8. The van der Waals surface area contributed by atoms with Crippen LogP contribution in [-0.4, -0.2) is 38.8 Å². The molecule has 166 valence electrons. The molecule has 0 saturated carbocycles. The summed E-state index contributed by atoms with van der Waals surface area (Å²) in [6, 6.07) is 1.19. The van der Waals surface area contributed by atoms with Crippen LogP contribution in [-0.2, 0) is 27.5 Å². The van der Waals surface area contributed by atoms with E-state index in [0.29, 0.717) is 34.5 Å². The third-order valence-corrected chi connectivity index (χ3v) is 7.17. The number of hydrogen-bond acceptors (Lipinski definition) is 7. The summed E-state index contributed by atoms with van der Waals surface area (Å²) in [7, 11) is -1.76. The number of benzene rings is 1. The van der Waals surface area contributed by atoms with Crippen molar-refractivity contribution >= 4 is 26.7 Å². The summed E-state index contributed by atoms with van der Waals surface area (Å²) >= 11 is 0. The fourth-order valence-corrected chi connectivity index (χ4v) is 5.37. The molecule has 4 rings (SSSR count). The predicted octanol–water partition coefficient (Wildman–Crippen LogP) is 2.18. The standard InChI is InChI=1S/C22H25NO7S/c1-12-15(9-18(24)23-13-6-8-31(26,27)11-13)21(25)29-20-14-5-7-22(2,3)30-16(14)10-17(28-4)19(12)20/h6,8,10,13H,5,7,9,11H2,1-4H3,(H,23,24). The average Bonchev–Trinajstić information content (AvgIpc) is 3.01. The number of sulfone groups is 1. The maximum Gasteiger partial charge on any atom is 0.340 e. The summed E-state index contributed by atoms with van der Waals surface area (Å²) in [5.74, 6) is 0.492. The van der Waals surface area contributed by atoms with Gasteiger partial charge < -0.3 is 19.2 Å². The Morgan fingerprint density at radius 3 is 2.74 bits per heavy atom. The summed E-state index contributed by atoms with van der Waals surface area (Å²) in [6.45, 7) is 5.76. The number of nitrogens with one attached hydrogen (secondary N) is 1. The molecule has 0 spiro atoms. The molecule has 1 amide bonds. The monoisotopic (exact) mass is 447 g/mol. The van der Waals surface area contributed by atoms with Gasteiger partial charge in [0.2, 0.25) is 5.91 Å². The van der Waals surface area contributed by atoms with E-state index in [4.69, 9.17) is 13.9 Å². The number of ether oxygens (including phenoxy) is 2. The number of carbonyl (C=O) groups excluding carboxylic acids is 1. The van der Waals surface area contributed by atoms with Gasteiger partial charge in [0.05, 0.1) is 36.3 Å². The molecule has 3 heterocycles. The number of hydrogen-bond donors (Lipinski definition) is 1. The Bertz CT molecular complexity index is 1270. The Kier molecular flexibility index (Phi) is 5.12. The molecule has 2 aliphatic heterocycles. The second-order valence-electron chi connectivity index (χ2n) is 8.62. The van der Waals surface area contributed by atoms with Crippen LogP contribution in [0.2, 0.25) is 0 Å². The number of rotatable bonds is 4. The average molecular weight is 448 g/mol. The van der Waals surface area contributed by atoms with Crippen LogP contribution in [0.5, 0.6) is 11.5 Å². The first-order valence-corrected chi connectivity index (χ1v) is 11.8. The van der Waals surface area contributed by atoms with Gasteiger partial charge in [-0.15, -0.1) is 0 Å². The molecule has 2 aliphatic rings. The van der Waals surface area contributed by atoms with E-state index in [-0.39, 0.29) is 23.3 Å². The summed E-state index contributed by atoms with van der Waals surface area (Å²) in [5.41, 5.74) is 1.11. The summed E-state index contributed by atoms with van der Waals surface area (Å²) < 4.78 is 40.4. The van der Waals surface area contributed by atoms with Crippen molar-refractivity contribution in [3.63, 3.8) is 0 Å². The van der Waals surface area contributed by atoms with E-state index in [1.54, 1.807) is 13.0 Å². The van der Waals surface area contributed by atoms with Gasteiger partial charge in [0.1, 0.15) is 22.7 Å². The third-order valence-electron chi connectivity index (χ3n) is 5.77. The molecular formula is C22H25NO7S. The van der Waals surface area contributed by atoms with Crippen molar-refractivity contribution in [1.29, 1.82) is 0 Å². The van der Waals surface area contributed by atoms with Gasteiger partial charge in [-0.05, 0) is 45.3 Å². The van der Waals surface area contributed by atoms with Crippen molar-refractivity contribution in [2.45, 2.75) is 51.7 Å². The quantitative estimate of drug-likeness (QED) is 0.715. The van der Waals surface area contributed by atoms with Gasteiger partial charge in [0, 0.05) is 17.0 Å². The van der Waals surface area contributed by atoms with Gasteiger partial charge >= 0.3 is 5.63 Å². The molecule has 0 radical (unpaired) electrons. The molecule has 1 N–H and O–H groups in total. The molecule has 1 aromatic heterocycles. The zero-order valence-corrected chi connectivity index (χ0v) is 18.7. The highest BCUT2D eigenvalue weighted by atomic mass is 32.2. The minimum Gasteiger partial charge on any atom is -0.496 e. The number of fused-ring (bicyclic) bond motifs is 3. The van der Waals surface area contributed by atoms with Crippen LogP contribution >= 0.6 is 0 Å². The number of aryl methyl sites for hydroxylation is 2. The maximum atomic E-state index is 12.8. The minimum absolute atomic E-state index is 0.180. The first-order valence-electron chi connectivity index (χ1n) is 10.0. The summed E-state index contributed by atoms with van der Waals surface area (Å²) in [5, 5.41) is 4.36. The van der Waals surface area contributed by atoms with E-state index in [1.165, 1.54) is 13.2 Å². The fourth-order valence-electron chi connectivity index (χ4n) is 4.13. The Morgan fingerprint density at radius 2 is 2.10 bits per heavy atom. The van der Waals surface area contributed by atoms with Crippen LogP contribution in [0.4, 0.5) is 0 Å². The lowest BCUT2D eigenvalue weighted by Crippen LogP contribution is -2.37. The van der Waals surface area contributed by atoms with Gasteiger partial charge in [-0.1, -0.05) is 0 Å². The van der Waals surface area contributed by atoms with Crippen molar-refractivity contribution in [2.24, 2.45) is 0 Å². The molecule has 1 aromatic carbocycles. The lowest BCUT2D eigenvalue weighted by Gasteiger charge is -2.33. The lowest BCUT2D eigenvalue weighted by atomic mass is 9.91. The largest absolute Gasteiger partial charge is 0.496 e. The van der Waals surface area contributed by atoms with Crippen LogP contribution in [0.3, 0.4) is 0 Å². The highest BCUT2D eigenvalue weighted by molar-refractivity contribution is 7.94. The van der Waals surface area contributed by atoms with Gasteiger partial charge in [0.15, 0.2) is 9.84 Å². The molecule has 0 fully saturated rings. The smallest absolute Gasteiger partial charge is 0.340 e. The zero-order chi connectivity index (χ0) is 22.6. The van der Waals surface area contributed by atoms with Crippen molar-refractivity contribution in [1.82, 2.24) is 5.32 Å². The third kappa shape index (κ3) is 4.06. The van der Waals surface area contributed by atoms with E-state index < -0.39 is 27.4 Å². The zero-order valence-electron chi connectivity index (χ0n) is 17.9. The molecular weight excluding hydrogens is 422 g/mol. The van der Waals surface area contributed by atoms with Gasteiger partial charge in [-0.2, -0.15) is 0 Å². The summed E-state index contributed by atoms with van der Waals surface area (Å²) in [6.07, 6.45) is 2.66. The Labute approximate surface area is 180 Å². The molecule has 0 saturated heterocycles. The van der Waals surface area contributed by atoms with E-state index >= 15 is 0 Å². The van der Waals surface area contributed by atoms with Crippen LogP contribution in [0, 0.1) is 6.92 Å². The first-order chi connectivity index (χ1) is 14.5. The molecule has 1 atom stereocenters. The topological polar surface area (TPSA) is 112 Å². The lowest BCUT2D eigenvalue weighted by molar-refractivity contribution is -0.120. The van der Waals surface area contributed by atoms with Crippen LogP contribution in [0.25, 0.3) is 11.0 Å². The van der Waals surface area contributed by atoms with E-state index in [9.17, 15) is 18.0 Å². The SMILES string of the molecule is COc1cc2c(c3oc(=O)c(CC(=O)NC4C=CS(=O)(=O)C4)c(C)c13)CCC(C)(C)O2. The van der Waals surface area contributed by atoms with Crippen molar-refractivity contribution in [3.05, 3.63) is 44.7 Å². The second kappa shape index (κ2) is 7.40.